The molecule has 1 saturated heterocycles. The van der Waals surface area contributed by atoms with Crippen LogP contribution in [0.5, 0.6) is 0 Å². The van der Waals surface area contributed by atoms with E-state index in [1.54, 1.807) is 6.08 Å². The van der Waals surface area contributed by atoms with Crippen LogP contribution in [-0.4, -0.2) is 25.1 Å². The molecular formula is C18H17NO4S. The Morgan fingerprint density at radius 3 is 2.29 bits per heavy atom. The third-order valence-electron chi connectivity index (χ3n) is 3.69. The van der Waals surface area contributed by atoms with E-state index in [2.05, 4.69) is 0 Å². The van der Waals surface area contributed by atoms with Crippen LogP contribution >= 0.6 is 0 Å². The van der Waals surface area contributed by atoms with Crippen molar-refractivity contribution in [2.45, 2.75) is 12.5 Å². The van der Waals surface area contributed by atoms with Gasteiger partial charge in [-0.15, -0.1) is 4.28 Å². The molecule has 6 heteroatoms. The van der Waals surface area contributed by atoms with Crippen molar-refractivity contribution in [1.82, 2.24) is 5.06 Å². The lowest BCUT2D eigenvalue weighted by Crippen LogP contribution is -2.47. The van der Waals surface area contributed by atoms with Gasteiger partial charge in [0.15, 0.2) is 0 Å². The third-order valence-corrected chi connectivity index (χ3v) is 4.67. The number of rotatable bonds is 6. The Morgan fingerprint density at radius 2 is 1.67 bits per heavy atom. The summed E-state index contributed by atoms with van der Waals surface area (Å²) >= 11 is 0. The summed E-state index contributed by atoms with van der Waals surface area (Å²) in [5.41, 5.74) is 1.75. The molecule has 0 aromatic heterocycles. The second-order valence-corrected chi connectivity index (χ2v) is 7.06. The van der Waals surface area contributed by atoms with Gasteiger partial charge in [-0.25, -0.2) is 0 Å². The standard InChI is InChI=1S/C18H17NO4S/c20-18-14-17(16-11-5-2-6-12-16)19(18)23-24(21,22)13-7-10-15-8-3-1-4-9-15/h1-12,17H,13-14H2/b10-7+. The van der Waals surface area contributed by atoms with Gasteiger partial charge in [0.2, 0.25) is 5.91 Å². The second kappa shape index (κ2) is 6.98. The molecule has 1 amide bonds. The van der Waals surface area contributed by atoms with Crippen LogP contribution in [0.1, 0.15) is 23.6 Å². The van der Waals surface area contributed by atoms with Gasteiger partial charge in [0, 0.05) is 0 Å². The summed E-state index contributed by atoms with van der Waals surface area (Å²) < 4.78 is 29.2. The normalized spacial score (nSPS) is 17.9. The first-order valence-corrected chi connectivity index (χ1v) is 9.14. The fourth-order valence-electron chi connectivity index (χ4n) is 2.44. The molecule has 0 saturated carbocycles. The number of hydrogen-bond donors (Lipinski definition) is 0. The Morgan fingerprint density at radius 1 is 1.04 bits per heavy atom. The lowest BCUT2D eigenvalue weighted by molar-refractivity contribution is -0.189. The molecule has 1 aliphatic rings. The average molecular weight is 343 g/mol. The van der Waals surface area contributed by atoms with Gasteiger partial charge in [0.1, 0.15) is 0 Å². The van der Waals surface area contributed by atoms with Crippen LogP contribution in [0.15, 0.2) is 66.7 Å². The van der Waals surface area contributed by atoms with Gasteiger partial charge < -0.3 is 0 Å². The number of carbonyl (C=O) groups is 1. The number of benzene rings is 2. The highest BCUT2D eigenvalue weighted by Gasteiger charge is 2.41. The van der Waals surface area contributed by atoms with Crippen molar-refractivity contribution in [2.24, 2.45) is 0 Å². The maximum Gasteiger partial charge on any atom is 0.291 e. The van der Waals surface area contributed by atoms with E-state index < -0.39 is 10.1 Å². The monoisotopic (exact) mass is 343 g/mol. The molecule has 2 aromatic rings. The van der Waals surface area contributed by atoms with Crippen molar-refractivity contribution in [3.05, 3.63) is 77.9 Å². The van der Waals surface area contributed by atoms with Crippen LogP contribution in [0.25, 0.3) is 6.08 Å². The Balaban J connectivity index is 1.63. The zero-order valence-corrected chi connectivity index (χ0v) is 13.7. The van der Waals surface area contributed by atoms with Gasteiger partial charge in [-0.05, 0) is 11.1 Å². The van der Waals surface area contributed by atoms with Crippen molar-refractivity contribution in [1.29, 1.82) is 0 Å². The second-order valence-electron chi connectivity index (χ2n) is 5.46. The average Bonchev–Trinajstić information content (AvgIpc) is 2.59. The van der Waals surface area contributed by atoms with Crippen molar-refractivity contribution in [3.8, 4) is 0 Å². The SMILES string of the molecule is O=C1CC(c2ccccc2)N1OS(=O)(=O)C/C=C/c1ccccc1. The molecule has 1 unspecified atom stereocenters. The Kier molecular flexibility index (Phi) is 4.78. The summed E-state index contributed by atoms with van der Waals surface area (Å²) in [6.07, 6.45) is 3.46. The molecule has 1 atom stereocenters. The number of hydrogen-bond acceptors (Lipinski definition) is 4. The molecule has 0 aliphatic carbocycles. The minimum Gasteiger partial charge on any atom is -0.272 e. The Hall–Kier alpha value is -2.44. The molecule has 2 aromatic carbocycles. The summed E-state index contributed by atoms with van der Waals surface area (Å²) in [4.78, 5) is 11.7. The van der Waals surface area contributed by atoms with Crippen molar-refractivity contribution in [3.63, 3.8) is 0 Å². The fraction of sp³-hybridized carbons (Fsp3) is 0.167. The summed E-state index contributed by atoms with van der Waals surface area (Å²) in [6, 6.07) is 18.2. The zero-order chi connectivity index (χ0) is 17.0. The smallest absolute Gasteiger partial charge is 0.272 e. The summed E-state index contributed by atoms with van der Waals surface area (Å²) in [6.45, 7) is 0. The van der Waals surface area contributed by atoms with E-state index in [-0.39, 0.29) is 24.1 Å². The first kappa shape index (κ1) is 16.4. The summed E-state index contributed by atoms with van der Waals surface area (Å²) in [5, 5.41) is 0.945. The van der Waals surface area contributed by atoms with E-state index in [0.717, 1.165) is 16.2 Å². The highest BCUT2D eigenvalue weighted by Crippen LogP contribution is 2.35. The van der Waals surface area contributed by atoms with Crippen molar-refractivity contribution >= 4 is 22.1 Å². The summed E-state index contributed by atoms with van der Waals surface area (Å²) in [7, 11) is -3.87. The number of carbonyl (C=O) groups excluding carboxylic acids is 1. The van der Waals surface area contributed by atoms with E-state index in [1.807, 2.05) is 60.7 Å². The molecule has 3 rings (SSSR count). The van der Waals surface area contributed by atoms with Gasteiger partial charge in [-0.3, -0.25) is 4.79 Å². The summed E-state index contributed by atoms with van der Waals surface area (Å²) in [5.74, 6) is -0.632. The third kappa shape index (κ3) is 3.90. The van der Waals surface area contributed by atoms with Gasteiger partial charge in [0.05, 0.1) is 18.2 Å². The van der Waals surface area contributed by atoms with Gasteiger partial charge in [-0.1, -0.05) is 72.8 Å². The van der Waals surface area contributed by atoms with Crippen LogP contribution in [0.3, 0.4) is 0 Å². The van der Waals surface area contributed by atoms with Gasteiger partial charge >= 0.3 is 0 Å². The minimum absolute atomic E-state index is 0.249. The van der Waals surface area contributed by atoms with Gasteiger partial charge in [0.25, 0.3) is 10.1 Å². The van der Waals surface area contributed by atoms with Crippen molar-refractivity contribution in [2.75, 3.05) is 5.75 Å². The van der Waals surface area contributed by atoms with Crippen LogP contribution in [0.4, 0.5) is 0 Å². The number of hydroxylamine groups is 2. The lowest BCUT2D eigenvalue weighted by Gasteiger charge is -2.37. The lowest BCUT2D eigenvalue weighted by atomic mass is 9.97. The molecule has 24 heavy (non-hydrogen) atoms. The molecule has 5 nitrogen and oxygen atoms in total. The molecule has 1 fully saturated rings. The van der Waals surface area contributed by atoms with E-state index in [9.17, 15) is 13.2 Å². The number of amides is 1. The predicted octanol–water partition coefficient (Wildman–Crippen LogP) is 2.93. The molecule has 1 aliphatic heterocycles. The largest absolute Gasteiger partial charge is 0.291 e. The molecular weight excluding hydrogens is 326 g/mol. The molecule has 0 bridgehead atoms. The van der Waals surface area contributed by atoms with Crippen LogP contribution in [-0.2, 0) is 19.2 Å². The van der Waals surface area contributed by atoms with Crippen LogP contribution < -0.4 is 0 Å². The minimum atomic E-state index is -3.87. The molecule has 0 N–H and O–H groups in total. The molecule has 124 valence electrons. The zero-order valence-electron chi connectivity index (χ0n) is 12.9. The highest BCUT2D eigenvalue weighted by molar-refractivity contribution is 7.86. The molecule has 1 heterocycles. The first-order chi connectivity index (χ1) is 11.6. The van der Waals surface area contributed by atoms with E-state index >= 15 is 0 Å². The van der Waals surface area contributed by atoms with Crippen LogP contribution in [0, 0.1) is 0 Å². The van der Waals surface area contributed by atoms with E-state index in [0.29, 0.717) is 0 Å². The highest BCUT2D eigenvalue weighted by atomic mass is 32.2. The maximum atomic E-state index is 12.1. The first-order valence-electron chi connectivity index (χ1n) is 7.56. The fourth-order valence-corrected chi connectivity index (χ4v) is 3.27. The van der Waals surface area contributed by atoms with E-state index in [4.69, 9.17) is 4.28 Å². The Bertz CT molecular complexity index is 832. The van der Waals surface area contributed by atoms with Crippen molar-refractivity contribution < 1.29 is 17.5 Å². The van der Waals surface area contributed by atoms with Gasteiger partial charge in [-0.2, -0.15) is 13.5 Å². The topological polar surface area (TPSA) is 63.7 Å². The van der Waals surface area contributed by atoms with Crippen LogP contribution in [0.2, 0.25) is 0 Å². The molecule has 0 spiro atoms. The Labute approximate surface area is 141 Å². The maximum absolute atomic E-state index is 12.1. The number of nitrogens with zero attached hydrogens (tertiary/aromatic N) is 1. The number of β-lactam (4-membered cyclic amide) rings is 1. The predicted molar refractivity (Wildman–Crippen MR) is 91.0 cm³/mol. The van der Waals surface area contributed by atoms with E-state index in [1.165, 1.54) is 6.08 Å². The quantitative estimate of drug-likeness (QED) is 0.757. The molecule has 0 radical (unpaired) electrons.